The van der Waals surface area contributed by atoms with Gasteiger partial charge >= 0.3 is 17.9 Å². The number of alkyl halides is 1. The Bertz CT molecular complexity index is 2650. The van der Waals surface area contributed by atoms with E-state index in [1.165, 1.54) is 113 Å². The Labute approximate surface area is 419 Å². The molecular formula is C46H44Br3ClF4N4O10. The van der Waals surface area contributed by atoms with Gasteiger partial charge in [-0.25, -0.2) is 41.9 Å². The van der Waals surface area contributed by atoms with Gasteiger partial charge in [-0.05, 0) is 159 Å². The first kappa shape index (κ1) is 59.9. The molecule has 6 aromatic rings. The van der Waals surface area contributed by atoms with Crippen molar-refractivity contribution in [2.45, 2.75) is 25.8 Å². The number of aryl methyl sites for hydroxylation is 2. The maximum absolute atomic E-state index is 13.3. The van der Waals surface area contributed by atoms with Crippen LogP contribution in [0.5, 0.6) is 11.5 Å². The molecule has 0 aliphatic rings. The third-order valence-corrected chi connectivity index (χ3v) is 9.85. The lowest BCUT2D eigenvalue weighted by Gasteiger charge is -2.11. The van der Waals surface area contributed by atoms with Gasteiger partial charge in [0.15, 0.2) is 23.1 Å². The summed E-state index contributed by atoms with van der Waals surface area (Å²) in [4.78, 5) is 52.0. The molecule has 0 saturated heterocycles. The summed E-state index contributed by atoms with van der Waals surface area (Å²) in [5.41, 5.74) is 14.4. The summed E-state index contributed by atoms with van der Waals surface area (Å²) in [5, 5.41) is 15.8. The second kappa shape index (κ2) is 31.0. The maximum Gasteiger partial charge on any atom is 0.338 e. The number of carbonyl (C=O) groups excluding carboxylic acids is 4. The molecule has 6 N–H and O–H groups in total. The number of halogens is 8. The van der Waals surface area contributed by atoms with E-state index in [1.807, 2.05) is 0 Å². The van der Waals surface area contributed by atoms with Gasteiger partial charge in [-0.1, -0.05) is 15.9 Å². The zero-order valence-electron chi connectivity index (χ0n) is 36.9. The minimum Gasteiger partial charge on any atom is -0.504 e. The van der Waals surface area contributed by atoms with Gasteiger partial charge in [-0.2, -0.15) is 0 Å². The van der Waals surface area contributed by atoms with Crippen molar-refractivity contribution in [3.8, 4) is 11.5 Å². The number of ether oxygens (including phenoxy) is 4. The lowest BCUT2D eigenvalue weighted by atomic mass is 10.1. The molecule has 0 unspecified atom stereocenters. The molecular weight excluding hydrogens is 1120 g/mol. The fourth-order valence-corrected chi connectivity index (χ4v) is 6.23. The molecule has 0 atom stereocenters. The number of rotatable bonds is 8. The second-order valence-electron chi connectivity index (χ2n) is 12.8. The van der Waals surface area contributed by atoms with Gasteiger partial charge in [-0.15, -0.1) is 0 Å². The Hall–Kier alpha value is -6.13. The summed E-state index contributed by atoms with van der Waals surface area (Å²) in [6, 6.07) is 18.6. The highest BCUT2D eigenvalue weighted by molar-refractivity contribution is 9.10. The predicted molar refractivity (Wildman–Crippen MR) is 259 cm³/mol. The molecule has 2 heterocycles. The average molecular weight is 1160 g/mol. The van der Waals surface area contributed by atoms with E-state index in [-0.39, 0.29) is 47.0 Å². The lowest BCUT2D eigenvalue weighted by Crippen LogP contribution is -2.09. The monoisotopic (exact) mass is 1160 g/mol. The molecule has 6 rings (SSSR count). The van der Waals surface area contributed by atoms with Crippen molar-refractivity contribution in [1.29, 1.82) is 0 Å². The first-order valence-electron chi connectivity index (χ1n) is 18.8. The number of carbonyl (C=O) groups is 4. The molecule has 364 valence electrons. The van der Waals surface area contributed by atoms with E-state index < -0.39 is 29.0 Å². The highest BCUT2D eigenvalue weighted by Crippen LogP contribution is 2.25. The smallest absolute Gasteiger partial charge is 0.338 e. The first-order chi connectivity index (χ1) is 32.1. The van der Waals surface area contributed by atoms with Crippen molar-refractivity contribution in [3.63, 3.8) is 0 Å². The van der Waals surface area contributed by atoms with Gasteiger partial charge in [0.2, 0.25) is 0 Å². The molecule has 0 fully saturated rings. The van der Waals surface area contributed by atoms with Crippen LogP contribution in [0.15, 0.2) is 106 Å². The maximum atomic E-state index is 13.3. The van der Waals surface area contributed by atoms with Crippen LogP contribution in [-0.2, 0) is 26.1 Å². The third-order valence-electron chi connectivity index (χ3n) is 8.18. The van der Waals surface area contributed by atoms with Gasteiger partial charge in [-0.3, -0.25) is 4.79 Å². The molecule has 22 heteroatoms. The summed E-state index contributed by atoms with van der Waals surface area (Å²) in [7, 11) is 4.85. The van der Waals surface area contributed by atoms with Gasteiger partial charge in [0.05, 0.1) is 38.0 Å². The number of hydrogen-bond donors (Lipinski definition) is 4. The summed E-state index contributed by atoms with van der Waals surface area (Å²) in [5.74, 6) is -2.29. The molecule has 68 heavy (non-hydrogen) atoms. The van der Waals surface area contributed by atoms with Gasteiger partial charge in [0.25, 0.3) is 5.24 Å². The largest absolute Gasteiger partial charge is 0.504 e. The predicted octanol–water partition coefficient (Wildman–Crippen LogP) is 10.6. The van der Waals surface area contributed by atoms with E-state index in [0.717, 1.165) is 7.11 Å². The molecule has 0 radical (unpaired) electrons. The van der Waals surface area contributed by atoms with Crippen molar-refractivity contribution < 1.29 is 65.9 Å². The molecule has 14 nitrogen and oxygen atoms in total. The van der Waals surface area contributed by atoms with Crippen LogP contribution in [0.25, 0.3) is 0 Å². The molecule has 0 amide bonds. The topological polar surface area (TPSA) is 223 Å². The number of aliphatic hydroxyl groups is 1. The molecule has 0 aliphatic carbocycles. The van der Waals surface area contributed by atoms with Crippen molar-refractivity contribution in [2.75, 3.05) is 39.9 Å². The summed E-state index contributed by atoms with van der Waals surface area (Å²) < 4.78 is 71.7. The number of anilines is 2. The van der Waals surface area contributed by atoms with E-state index in [0.29, 0.717) is 59.0 Å². The minimum absolute atomic E-state index is 0.00405. The van der Waals surface area contributed by atoms with Crippen molar-refractivity contribution in [1.82, 2.24) is 9.97 Å². The Morgan fingerprint density at radius 1 is 0.603 bits per heavy atom. The number of pyridine rings is 2. The van der Waals surface area contributed by atoms with Crippen LogP contribution in [0, 0.1) is 37.1 Å². The number of aliphatic hydroxyl groups excluding tert-OH is 1. The molecule has 0 saturated carbocycles. The van der Waals surface area contributed by atoms with E-state index in [1.54, 1.807) is 19.9 Å². The Morgan fingerprint density at radius 2 is 0.985 bits per heavy atom. The number of aromatic hydroxyl groups is 1. The Balaban J connectivity index is 0.000000435. The SMILES string of the molecule is CO.COC(=O)c1ccc(F)cc1C.COC(=O)c1ccc(F)cc1CBr.COC(=O)c1ccc(F)cc1COc1cc(Br)cnc1N.Cc1cc(F)ccc1C(=O)Cl.Nc1ncc(Br)cc1O. The molecule has 0 aliphatic heterocycles. The minimum atomic E-state index is -0.561. The highest BCUT2D eigenvalue weighted by atomic mass is 79.9. The standard InChI is InChI=1S/C14H12BrFN2O3.C9H8BrFO2.C9H9FO2.C8H6ClFO.C5H5BrN2O.CH4O/c1-20-14(19)11-3-2-10(16)4-8(11)7-21-12-5-9(15)6-18-13(12)17;1-13-9(12)8-3-2-7(11)4-6(8)5-10;1-6-5-7(10)3-4-8(6)9(11)12-2;1-5-4-6(10)2-3-7(5)8(9)11;6-3-1-4(9)5(7)8-2-3;1-2/h2-6H,7H2,1H3,(H2,17,18);2-4H,5H2,1H3;3-5H,1-2H3;2-4H,1H3;1-2,9H,(H2,7,8);2H,1H3. The van der Waals surface area contributed by atoms with E-state index in [4.69, 9.17) is 38.0 Å². The van der Waals surface area contributed by atoms with E-state index in [9.17, 15) is 36.7 Å². The second-order valence-corrected chi connectivity index (χ2v) is 15.5. The lowest BCUT2D eigenvalue weighted by molar-refractivity contribution is 0.0589. The number of nitrogens with zero attached hydrogens (tertiary/aromatic N) is 2. The first-order valence-corrected chi connectivity index (χ1v) is 21.9. The van der Waals surface area contributed by atoms with E-state index in [2.05, 4.69) is 72.0 Å². The fraction of sp³-hybridized carbons (Fsp3) is 0.174. The van der Waals surface area contributed by atoms with Crippen LogP contribution < -0.4 is 16.2 Å². The Morgan fingerprint density at radius 3 is 1.40 bits per heavy atom. The molecule has 2 aromatic heterocycles. The zero-order chi connectivity index (χ0) is 51.7. The van der Waals surface area contributed by atoms with Crippen LogP contribution in [0.3, 0.4) is 0 Å². The van der Waals surface area contributed by atoms with Gasteiger partial charge < -0.3 is 40.6 Å². The molecule has 4 aromatic carbocycles. The van der Waals surface area contributed by atoms with Crippen LogP contribution in [0.1, 0.15) is 63.7 Å². The van der Waals surface area contributed by atoms with Crippen LogP contribution in [-0.4, -0.2) is 71.8 Å². The van der Waals surface area contributed by atoms with Crippen molar-refractivity contribution >= 4 is 94.2 Å². The molecule has 0 bridgehead atoms. The van der Waals surface area contributed by atoms with Crippen molar-refractivity contribution in [3.05, 3.63) is 174 Å². The quantitative estimate of drug-likeness (QED) is 0.0366. The fourth-order valence-electron chi connectivity index (χ4n) is 4.93. The number of hydrogen-bond acceptors (Lipinski definition) is 14. The summed E-state index contributed by atoms with van der Waals surface area (Å²) in [6.07, 6.45) is 3.05. The summed E-state index contributed by atoms with van der Waals surface area (Å²) in [6.45, 7) is 3.26. The van der Waals surface area contributed by atoms with Crippen LogP contribution in [0.4, 0.5) is 29.2 Å². The van der Waals surface area contributed by atoms with Crippen molar-refractivity contribution in [2.24, 2.45) is 0 Å². The summed E-state index contributed by atoms with van der Waals surface area (Å²) >= 11 is 14.7. The van der Waals surface area contributed by atoms with Gasteiger partial charge in [0.1, 0.15) is 29.9 Å². The normalized spacial score (nSPS) is 9.63. The highest BCUT2D eigenvalue weighted by Gasteiger charge is 2.15. The number of nitrogens with two attached hydrogens (primary N) is 2. The number of benzene rings is 4. The zero-order valence-corrected chi connectivity index (χ0v) is 42.4. The van der Waals surface area contributed by atoms with Gasteiger partial charge in [0, 0.05) is 44.9 Å². The number of aromatic nitrogens is 2. The average Bonchev–Trinajstić information content (AvgIpc) is 3.31. The number of methoxy groups -OCH3 is 3. The van der Waals surface area contributed by atoms with Crippen LogP contribution >= 0.6 is 59.4 Å². The third kappa shape index (κ3) is 20.4. The van der Waals surface area contributed by atoms with Crippen LogP contribution in [0.2, 0.25) is 0 Å². The Kier molecular flexibility index (Phi) is 27.3. The number of esters is 3. The number of nitrogen functional groups attached to an aromatic ring is 2. The molecule has 0 spiro atoms. The van der Waals surface area contributed by atoms with E-state index >= 15 is 0 Å².